The summed E-state index contributed by atoms with van der Waals surface area (Å²) in [5.74, 6) is 0. The van der Waals surface area contributed by atoms with Crippen LogP contribution in [-0.4, -0.2) is 11.3 Å². The van der Waals surface area contributed by atoms with Gasteiger partial charge >= 0.3 is 33.1 Å². The molecule has 0 aliphatic rings. The molecule has 0 heterocycles. The molecule has 0 aromatic carbocycles. The SMILES string of the molecule is CCCCCCC(C)[P+](=O)[O-].CCCCCCC(C)[P+](=O)[O-].[Fe+2]. The molecule has 0 rings (SSSR count). The average molecular weight is 408 g/mol. The topological polar surface area (TPSA) is 80.3 Å². The Labute approximate surface area is 155 Å². The van der Waals surface area contributed by atoms with Crippen molar-refractivity contribution in [2.75, 3.05) is 0 Å². The van der Waals surface area contributed by atoms with Gasteiger partial charge in [-0.15, -0.1) is 0 Å². The summed E-state index contributed by atoms with van der Waals surface area (Å²) in [7, 11) is -4.37. The monoisotopic (exact) mass is 408 g/mol. The van der Waals surface area contributed by atoms with Gasteiger partial charge in [-0.1, -0.05) is 61.5 Å². The van der Waals surface area contributed by atoms with E-state index in [1.165, 1.54) is 38.5 Å². The van der Waals surface area contributed by atoms with Crippen LogP contribution >= 0.6 is 16.1 Å². The zero-order valence-corrected chi connectivity index (χ0v) is 18.0. The predicted octanol–water partition coefficient (Wildman–Crippen LogP) is 4.89. The molecular formula is C16H34FeO4P2+2. The summed E-state index contributed by atoms with van der Waals surface area (Å²) in [6.45, 7) is 7.85. The van der Waals surface area contributed by atoms with Crippen molar-refractivity contribution in [3.05, 3.63) is 0 Å². The van der Waals surface area contributed by atoms with Gasteiger partial charge in [-0.05, 0) is 39.5 Å². The molecule has 0 saturated heterocycles. The number of hydrogen-bond donors (Lipinski definition) is 0. The Morgan fingerprint density at radius 1 is 0.696 bits per heavy atom. The van der Waals surface area contributed by atoms with E-state index in [1.807, 2.05) is 0 Å². The maximum Gasteiger partial charge on any atom is 2.00 e. The quantitative estimate of drug-likeness (QED) is 0.262. The Morgan fingerprint density at radius 2 is 1.00 bits per heavy atom. The standard InChI is InChI=1S/2C8H17O2P.Fe/c2*1-3-4-5-6-7-8(2)11(9)10;/h2*8H,3-7H2,1-2H3;/q;;+2. The summed E-state index contributed by atoms with van der Waals surface area (Å²) >= 11 is 0. The summed E-state index contributed by atoms with van der Waals surface area (Å²) in [5.41, 5.74) is -0.247. The van der Waals surface area contributed by atoms with E-state index >= 15 is 0 Å². The smallest absolute Gasteiger partial charge is 0.595 e. The molecule has 0 aliphatic carbocycles. The first-order chi connectivity index (χ1) is 10.4. The van der Waals surface area contributed by atoms with E-state index in [4.69, 9.17) is 0 Å². The second kappa shape index (κ2) is 20.7. The van der Waals surface area contributed by atoms with Crippen LogP contribution in [0, 0.1) is 0 Å². The maximum atomic E-state index is 10.4. The molecule has 0 aromatic rings. The molecule has 0 saturated carbocycles. The molecule has 0 spiro atoms. The van der Waals surface area contributed by atoms with Gasteiger partial charge in [0.05, 0.1) is 0 Å². The number of unbranched alkanes of at least 4 members (excludes halogenated alkanes) is 6. The molecule has 138 valence electrons. The third-order valence-corrected chi connectivity index (χ3v) is 5.63. The van der Waals surface area contributed by atoms with Crippen LogP contribution in [0.5, 0.6) is 0 Å². The van der Waals surface area contributed by atoms with E-state index in [0.717, 1.165) is 25.7 Å². The third-order valence-electron chi connectivity index (χ3n) is 3.67. The van der Waals surface area contributed by atoms with Crippen LogP contribution in [0.15, 0.2) is 0 Å². The second-order valence-electron chi connectivity index (χ2n) is 5.97. The van der Waals surface area contributed by atoms with Crippen molar-refractivity contribution in [3.63, 3.8) is 0 Å². The fourth-order valence-electron chi connectivity index (χ4n) is 1.94. The molecule has 7 heteroatoms. The fourth-order valence-corrected chi connectivity index (χ4v) is 2.73. The molecule has 0 aromatic heterocycles. The molecule has 4 atom stereocenters. The van der Waals surface area contributed by atoms with Gasteiger partial charge in [0.1, 0.15) is 11.3 Å². The predicted molar refractivity (Wildman–Crippen MR) is 91.7 cm³/mol. The van der Waals surface area contributed by atoms with Crippen molar-refractivity contribution in [3.8, 4) is 0 Å². The van der Waals surface area contributed by atoms with Crippen molar-refractivity contribution < 1.29 is 36.0 Å². The Hall–Kier alpha value is 0.639. The Bertz CT molecular complexity index is 263. The van der Waals surface area contributed by atoms with E-state index in [9.17, 15) is 18.9 Å². The zero-order chi connectivity index (χ0) is 17.4. The van der Waals surface area contributed by atoms with Crippen molar-refractivity contribution in [1.29, 1.82) is 0 Å². The van der Waals surface area contributed by atoms with E-state index in [2.05, 4.69) is 13.8 Å². The average Bonchev–Trinajstić information content (AvgIpc) is 2.48. The van der Waals surface area contributed by atoms with Gasteiger partial charge in [0.2, 0.25) is 0 Å². The minimum Gasteiger partial charge on any atom is -0.595 e. The first-order valence-corrected chi connectivity index (χ1v) is 11.1. The van der Waals surface area contributed by atoms with Gasteiger partial charge in [-0.25, -0.2) is 0 Å². The van der Waals surface area contributed by atoms with E-state index in [1.54, 1.807) is 13.8 Å². The van der Waals surface area contributed by atoms with Gasteiger partial charge in [0.25, 0.3) is 0 Å². The number of rotatable bonds is 12. The second-order valence-corrected chi connectivity index (χ2v) is 8.87. The van der Waals surface area contributed by atoms with Crippen molar-refractivity contribution in [2.24, 2.45) is 0 Å². The van der Waals surface area contributed by atoms with Crippen LogP contribution in [0.1, 0.15) is 91.9 Å². The summed E-state index contributed by atoms with van der Waals surface area (Å²) < 4.78 is 20.8. The van der Waals surface area contributed by atoms with Crippen molar-refractivity contribution in [1.82, 2.24) is 0 Å². The largest absolute Gasteiger partial charge is 2.00 e. The van der Waals surface area contributed by atoms with Crippen LogP contribution < -0.4 is 9.79 Å². The molecule has 0 fully saturated rings. The molecule has 23 heavy (non-hydrogen) atoms. The van der Waals surface area contributed by atoms with Crippen LogP contribution in [0.3, 0.4) is 0 Å². The maximum absolute atomic E-state index is 10.4. The van der Waals surface area contributed by atoms with Crippen LogP contribution in [0.2, 0.25) is 0 Å². The number of hydrogen-bond acceptors (Lipinski definition) is 4. The Kier molecular flexibility index (Phi) is 25.6. The minimum absolute atomic E-state index is 0. The van der Waals surface area contributed by atoms with Gasteiger partial charge < -0.3 is 9.79 Å². The van der Waals surface area contributed by atoms with Crippen LogP contribution in [-0.2, 0) is 26.2 Å². The summed E-state index contributed by atoms with van der Waals surface area (Å²) in [4.78, 5) is 20.8. The van der Waals surface area contributed by atoms with Crippen LogP contribution in [0.25, 0.3) is 0 Å². The fraction of sp³-hybridized carbons (Fsp3) is 1.00. The third kappa shape index (κ3) is 22.6. The molecule has 4 nitrogen and oxygen atoms in total. The van der Waals surface area contributed by atoms with E-state index < -0.39 is 16.1 Å². The molecule has 0 aliphatic heterocycles. The van der Waals surface area contributed by atoms with Gasteiger partial charge in [-0.3, -0.25) is 0 Å². The van der Waals surface area contributed by atoms with Gasteiger partial charge in [0.15, 0.2) is 0 Å². The molecule has 0 bridgehead atoms. The molecule has 0 radical (unpaired) electrons. The minimum atomic E-state index is -2.18. The molecular weight excluding hydrogens is 374 g/mol. The first kappa shape index (κ1) is 28.4. The molecule has 0 amide bonds. The summed E-state index contributed by atoms with van der Waals surface area (Å²) in [6, 6.07) is 0. The van der Waals surface area contributed by atoms with E-state index in [0.29, 0.717) is 0 Å². The zero-order valence-electron chi connectivity index (χ0n) is 15.1. The normalized spacial score (nSPS) is 14.0. The van der Waals surface area contributed by atoms with E-state index in [-0.39, 0.29) is 28.4 Å². The Balaban J connectivity index is -0.000000333. The summed E-state index contributed by atoms with van der Waals surface area (Å²) in [6.07, 6.45) is 11.0. The van der Waals surface area contributed by atoms with Crippen LogP contribution in [0.4, 0.5) is 0 Å². The first-order valence-electron chi connectivity index (χ1n) is 8.63. The van der Waals surface area contributed by atoms with Crippen molar-refractivity contribution in [2.45, 2.75) is 103 Å². The van der Waals surface area contributed by atoms with Gasteiger partial charge in [0, 0.05) is 0 Å². The van der Waals surface area contributed by atoms with Crippen molar-refractivity contribution >= 4 is 16.1 Å². The molecule has 4 unspecified atom stereocenters. The Morgan fingerprint density at radius 3 is 1.22 bits per heavy atom. The molecule has 0 N–H and O–H groups in total. The van der Waals surface area contributed by atoms with Gasteiger partial charge in [-0.2, -0.15) is 0 Å². The summed E-state index contributed by atoms with van der Waals surface area (Å²) in [5, 5.41) is 0.